The Morgan fingerprint density at radius 1 is 1.28 bits per heavy atom. The Labute approximate surface area is 210 Å². The third-order valence-corrected chi connectivity index (χ3v) is 8.99. The van der Waals surface area contributed by atoms with Gasteiger partial charge in [0.1, 0.15) is 11.5 Å². The van der Waals surface area contributed by atoms with E-state index in [9.17, 15) is 24.9 Å². The molecular weight excluding hydrogens is 460 g/mol. The van der Waals surface area contributed by atoms with Crippen LogP contribution in [-0.2, 0) is 10.2 Å². The van der Waals surface area contributed by atoms with Gasteiger partial charge in [0, 0.05) is 40.3 Å². The Kier molecular flexibility index (Phi) is 5.35. The summed E-state index contributed by atoms with van der Waals surface area (Å²) < 4.78 is 6.01. The second-order valence-electron chi connectivity index (χ2n) is 11.3. The first-order valence-corrected chi connectivity index (χ1v) is 12.4. The van der Waals surface area contributed by atoms with Crippen molar-refractivity contribution in [3.05, 3.63) is 63.6 Å². The maximum Gasteiger partial charge on any atom is 0.204 e. The maximum atomic E-state index is 14.1. The molecule has 8 heteroatoms. The van der Waals surface area contributed by atoms with Crippen LogP contribution in [0.15, 0.2) is 46.9 Å². The molecule has 8 nitrogen and oxygen atoms in total. The molecule has 4 aliphatic rings. The normalized spacial score (nSPS) is 34.9. The van der Waals surface area contributed by atoms with E-state index in [1.165, 1.54) is 0 Å². The number of carbonyl (C=O) groups excluding carboxylic acids is 2. The molecule has 0 fully saturated rings. The Bertz CT molecular complexity index is 1290. The van der Waals surface area contributed by atoms with E-state index >= 15 is 0 Å². The highest BCUT2D eigenvalue weighted by Crippen LogP contribution is 2.56. The molecule has 0 bridgehead atoms. The van der Waals surface area contributed by atoms with Crippen molar-refractivity contribution in [2.45, 2.75) is 63.2 Å². The topological polar surface area (TPSA) is 142 Å². The van der Waals surface area contributed by atoms with Gasteiger partial charge in [0.2, 0.25) is 5.78 Å². The molecule has 6 N–H and O–H groups in total. The largest absolute Gasteiger partial charge is 0.508 e. The van der Waals surface area contributed by atoms with Crippen LogP contribution in [-0.4, -0.2) is 58.3 Å². The molecule has 3 aliphatic carbocycles. The number of Topliss-reactive ketones (excluding diaryl/α,β-unsaturated/α-hetero) is 2. The lowest BCUT2D eigenvalue weighted by Gasteiger charge is -2.53. The molecule has 192 valence electrons. The minimum absolute atomic E-state index is 0.00920. The lowest BCUT2D eigenvalue weighted by molar-refractivity contribution is -0.154. The molecule has 1 aliphatic heterocycles. The van der Waals surface area contributed by atoms with Crippen molar-refractivity contribution < 1.29 is 29.6 Å². The summed E-state index contributed by atoms with van der Waals surface area (Å²) in [4.78, 5) is 27.7. The molecule has 1 heterocycles. The van der Waals surface area contributed by atoms with Crippen molar-refractivity contribution >= 4 is 11.6 Å². The summed E-state index contributed by atoms with van der Waals surface area (Å²) in [7, 11) is 1.64. The summed E-state index contributed by atoms with van der Waals surface area (Å²) in [6.45, 7) is 11.9. The highest BCUT2D eigenvalue weighted by atomic mass is 16.5. The summed E-state index contributed by atoms with van der Waals surface area (Å²) in [5.74, 6) is -4.03. The van der Waals surface area contributed by atoms with Crippen molar-refractivity contribution in [1.29, 1.82) is 0 Å². The van der Waals surface area contributed by atoms with Crippen molar-refractivity contribution in [1.82, 2.24) is 5.32 Å². The van der Waals surface area contributed by atoms with Gasteiger partial charge >= 0.3 is 0 Å². The minimum atomic E-state index is -2.54. The zero-order valence-electron chi connectivity index (χ0n) is 21.3. The average molecular weight is 495 g/mol. The Hall–Kier alpha value is -2.94. The van der Waals surface area contributed by atoms with Crippen LogP contribution in [0.4, 0.5) is 0 Å². The van der Waals surface area contributed by atoms with Crippen molar-refractivity contribution in [2.24, 2.45) is 17.6 Å². The van der Waals surface area contributed by atoms with E-state index in [1.807, 2.05) is 19.1 Å². The molecule has 0 radical (unpaired) electrons. The molecular formula is C28H34N2O6. The lowest BCUT2D eigenvalue weighted by atomic mass is 9.54. The van der Waals surface area contributed by atoms with Crippen LogP contribution in [0.5, 0.6) is 5.75 Å². The van der Waals surface area contributed by atoms with Crippen molar-refractivity contribution in [3.8, 4) is 5.75 Å². The molecule has 0 spiro atoms. The van der Waals surface area contributed by atoms with Crippen LogP contribution >= 0.6 is 0 Å². The number of hydrogen-bond donors (Lipinski definition) is 5. The van der Waals surface area contributed by atoms with Gasteiger partial charge in [-0.1, -0.05) is 39.5 Å². The first kappa shape index (κ1) is 24.7. The van der Waals surface area contributed by atoms with Gasteiger partial charge in [-0.15, -0.1) is 0 Å². The number of ketones is 2. The molecule has 1 aromatic rings. The van der Waals surface area contributed by atoms with Gasteiger partial charge in [-0.3, -0.25) is 9.59 Å². The highest BCUT2D eigenvalue weighted by molar-refractivity contribution is 6.16. The summed E-state index contributed by atoms with van der Waals surface area (Å²) >= 11 is 0. The zero-order chi connectivity index (χ0) is 26.5. The average Bonchev–Trinajstić information content (AvgIpc) is 2.80. The van der Waals surface area contributed by atoms with Crippen LogP contribution in [0.2, 0.25) is 0 Å². The number of aliphatic hydroxyl groups is 3. The minimum Gasteiger partial charge on any atom is -0.508 e. The number of likely N-dealkylation sites (N-methyl/N-ethyl adjacent to an activating group) is 1. The lowest BCUT2D eigenvalue weighted by Crippen LogP contribution is -2.67. The molecule has 0 saturated heterocycles. The van der Waals surface area contributed by atoms with Gasteiger partial charge in [0.05, 0.1) is 18.3 Å². The highest BCUT2D eigenvalue weighted by Gasteiger charge is 2.65. The fourth-order valence-corrected chi connectivity index (χ4v) is 7.02. The summed E-state index contributed by atoms with van der Waals surface area (Å²) in [5, 5.41) is 38.2. The van der Waals surface area contributed by atoms with E-state index in [0.29, 0.717) is 29.1 Å². The second-order valence-corrected chi connectivity index (χ2v) is 11.3. The maximum absolute atomic E-state index is 14.1. The number of benzene rings is 1. The molecule has 0 aromatic heterocycles. The SMILES string of the molecule is C=C(N)C1=C(C)[C@@H](NC)[C@@H]2[C@@H](O)[C@H]3C(=C(O)C2(O)C1=O)C(=O)c1c(ccc2c1OCCC2(C)C)[C@@H]3C. The van der Waals surface area contributed by atoms with Gasteiger partial charge in [0.15, 0.2) is 11.4 Å². The fraction of sp³-hybridized carbons (Fsp3) is 0.500. The summed E-state index contributed by atoms with van der Waals surface area (Å²) in [6.07, 6.45) is -0.526. The number of aliphatic hydroxyl groups excluding tert-OH is 2. The van der Waals surface area contributed by atoms with Crippen LogP contribution in [0.25, 0.3) is 0 Å². The second kappa shape index (κ2) is 7.78. The number of nitrogens with two attached hydrogens (primary N) is 1. The Balaban J connectivity index is 1.79. The van der Waals surface area contributed by atoms with Crippen LogP contribution in [0.3, 0.4) is 0 Å². The number of fused-ring (bicyclic) bond motifs is 5. The number of carbonyl (C=O) groups is 2. The predicted octanol–water partition coefficient (Wildman–Crippen LogP) is 2.16. The third kappa shape index (κ3) is 2.86. The monoisotopic (exact) mass is 494 g/mol. The van der Waals surface area contributed by atoms with Gasteiger partial charge in [-0.2, -0.15) is 0 Å². The van der Waals surface area contributed by atoms with Gasteiger partial charge in [-0.05, 0) is 42.9 Å². The molecule has 6 atom stereocenters. The number of nitrogens with one attached hydrogen (secondary N) is 1. The first-order valence-electron chi connectivity index (χ1n) is 12.4. The Morgan fingerprint density at radius 3 is 2.56 bits per heavy atom. The predicted molar refractivity (Wildman–Crippen MR) is 134 cm³/mol. The fourth-order valence-electron chi connectivity index (χ4n) is 7.02. The standard InChI is InChI=1S/C28H34N2O6/c1-11-14-7-8-15-24(36-10-9-27(15,4)5)18(14)22(31)19-17(11)23(32)20-21(30-6)12(2)16(13(3)29)25(33)28(20,35)26(19)34/h7-8,11,17,20-21,23,30,32,34-35H,3,9-10,29H2,1-2,4-6H3/t11-,17+,20+,21+,23-,28?/m0/s1. The van der Waals surface area contributed by atoms with E-state index in [-0.39, 0.29) is 22.3 Å². The third-order valence-electron chi connectivity index (χ3n) is 8.99. The van der Waals surface area contributed by atoms with Gasteiger partial charge in [0.25, 0.3) is 0 Å². The summed E-state index contributed by atoms with van der Waals surface area (Å²) in [5.41, 5.74) is 5.39. The van der Waals surface area contributed by atoms with E-state index in [2.05, 4.69) is 25.7 Å². The molecule has 0 amide bonds. The van der Waals surface area contributed by atoms with Crippen LogP contribution in [0, 0.1) is 11.8 Å². The van der Waals surface area contributed by atoms with E-state index in [4.69, 9.17) is 10.5 Å². The number of ether oxygens (including phenoxy) is 1. The molecule has 36 heavy (non-hydrogen) atoms. The van der Waals surface area contributed by atoms with E-state index in [0.717, 1.165) is 12.0 Å². The number of rotatable bonds is 2. The van der Waals surface area contributed by atoms with Gasteiger partial charge in [-0.25, -0.2) is 0 Å². The van der Waals surface area contributed by atoms with Crippen LogP contribution in [0.1, 0.15) is 61.5 Å². The molecule has 0 saturated carbocycles. The zero-order valence-corrected chi connectivity index (χ0v) is 21.3. The van der Waals surface area contributed by atoms with E-state index in [1.54, 1.807) is 14.0 Å². The Morgan fingerprint density at radius 2 is 1.94 bits per heavy atom. The van der Waals surface area contributed by atoms with Gasteiger partial charge < -0.3 is 31.1 Å². The number of allylic oxidation sites excluding steroid dienone is 1. The van der Waals surface area contributed by atoms with Crippen molar-refractivity contribution in [3.63, 3.8) is 0 Å². The quantitative estimate of drug-likeness (QED) is 0.421. The molecule has 1 aromatic carbocycles. The molecule has 1 unspecified atom stereocenters. The van der Waals surface area contributed by atoms with E-state index < -0.39 is 52.8 Å². The molecule has 5 rings (SSSR count). The summed E-state index contributed by atoms with van der Waals surface area (Å²) in [6, 6.07) is 3.18. The number of hydrogen-bond acceptors (Lipinski definition) is 8. The smallest absolute Gasteiger partial charge is 0.204 e. The van der Waals surface area contributed by atoms with Crippen LogP contribution < -0.4 is 15.8 Å². The van der Waals surface area contributed by atoms with Crippen molar-refractivity contribution in [2.75, 3.05) is 13.7 Å². The first-order chi connectivity index (χ1) is 16.8.